The summed E-state index contributed by atoms with van der Waals surface area (Å²) in [6.07, 6.45) is 4.01. The molecule has 0 saturated carbocycles. The van der Waals surface area contributed by atoms with Crippen molar-refractivity contribution < 1.29 is 0 Å². The van der Waals surface area contributed by atoms with Gasteiger partial charge in [0, 0.05) is 21.2 Å². The Morgan fingerprint density at radius 2 is 1.25 bits per heavy atom. The molecule has 0 bridgehead atoms. The van der Waals surface area contributed by atoms with Crippen LogP contribution >= 0.6 is 23.5 Å². The normalized spacial score (nSPS) is 10.2. The molecule has 2 nitrogen and oxygen atoms in total. The van der Waals surface area contributed by atoms with E-state index in [4.69, 9.17) is 11.5 Å². The van der Waals surface area contributed by atoms with Gasteiger partial charge in [0.1, 0.15) is 0 Å². The molecule has 1 aromatic rings. The average Bonchev–Trinajstić information content (AvgIpc) is 2.08. The first-order chi connectivity index (χ1) is 5.70. The van der Waals surface area contributed by atoms with Gasteiger partial charge < -0.3 is 11.5 Å². The molecule has 0 heterocycles. The number of benzene rings is 1. The van der Waals surface area contributed by atoms with Crippen LogP contribution in [0.4, 0.5) is 11.4 Å². The van der Waals surface area contributed by atoms with Crippen LogP contribution in [0.25, 0.3) is 0 Å². The lowest BCUT2D eigenvalue weighted by atomic mass is 10.3. The first kappa shape index (κ1) is 9.61. The Labute approximate surface area is 81.1 Å². The fourth-order valence-electron chi connectivity index (χ4n) is 1.01. The summed E-state index contributed by atoms with van der Waals surface area (Å²) in [5.41, 5.74) is 13.2. The summed E-state index contributed by atoms with van der Waals surface area (Å²) >= 11 is 3.27. The number of hydrogen-bond donors (Lipinski definition) is 2. The van der Waals surface area contributed by atoms with Gasteiger partial charge >= 0.3 is 0 Å². The van der Waals surface area contributed by atoms with Crippen LogP contribution in [0.3, 0.4) is 0 Å². The van der Waals surface area contributed by atoms with Gasteiger partial charge in [-0.25, -0.2) is 0 Å². The van der Waals surface area contributed by atoms with Gasteiger partial charge in [-0.05, 0) is 24.6 Å². The molecule has 0 fully saturated rings. The zero-order valence-electron chi connectivity index (χ0n) is 7.13. The van der Waals surface area contributed by atoms with E-state index in [1.807, 2.05) is 24.6 Å². The second-order valence-electron chi connectivity index (χ2n) is 2.31. The molecule has 0 spiro atoms. The molecule has 0 aliphatic rings. The molecule has 0 radical (unpaired) electrons. The minimum Gasteiger partial charge on any atom is -0.398 e. The van der Waals surface area contributed by atoms with Crippen molar-refractivity contribution in [3.8, 4) is 0 Å². The number of rotatable bonds is 2. The standard InChI is InChI=1S/C8H12N2S2/c1-11-7-5(9)3-4-6(10)8(7)12-2/h3-4H,9-10H2,1-2H3. The molecule has 0 amide bonds. The van der Waals surface area contributed by atoms with Crippen LogP contribution in [0.15, 0.2) is 21.9 Å². The predicted molar refractivity (Wildman–Crippen MR) is 58.8 cm³/mol. The molecule has 0 aliphatic heterocycles. The molecule has 0 unspecified atom stereocenters. The zero-order valence-corrected chi connectivity index (χ0v) is 8.76. The maximum absolute atomic E-state index is 5.79. The Balaban J connectivity index is 3.28. The zero-order chi connectivity index (χ0) is 9.14. The van der Waals surface area contributed by atoms with Crippen LogP contribution in [0.1, 0.15) is 0 Å². The lowest BCUT2D eigenvalue weighted by Crippen LogP contribution is -1.95. The summed E-state index contributed by atoms with van der Waals surface area (Å²) < 4.78 is 0. The molecule has 66 valence electrons. The molecule has 1 aromatic carbocycles. The van der Waals surface area contributed by atoms with Crippen molar-refractivity contribution in [1.29, 1.82) is 0 Å². The van der Waals surface area contributed by atoms with Crippen molar-refractivity contribution in [1.82, 2.24) is 0 Å². The first-order valence-electron chi connectivity index (χ1n) is 3.46. The second-order valence-corrected chi connectivity index (χ2v) is 3.94. The third-order valence-corrected chi connectivity index (χ3v) is 3.41. The Morgan fingerprint density at radius 3 is 1.50 bits per heavy atom. The maximum Gasteiger partial charge on any atom is 0.0465 e. The quantitative estimate of drug-likeness (QED) is 0.568. The highest BCUT2D eigenvalue weighted by Crippen LogP contribution is 2.37. The van der Waals surface area contributed by atoms with Crippen LogP contribution < -0.4 is 11.5 Å². The summed E-state index contributed by atoms with van der Waals surface area (Å²) in [6, 6.07) is 3.70. The van der Waals surface area contributed by atoms with E-state index in [1.165, 1.54) is 0 Å². The predicted octanol–water partition coefficient (Wildman–Crippen LogP) is 2.29. The van der Waals surface area contributed by atoms with Crippen LogP contribution in [0.2, 0.25) is 0 Å². The van der Waals surface area contributed by atoms with E-state index in [2.05, 4.69) is 0 Å². The van der Waals surface area contributed by atoms with Crippen molar-refractivity contribution in [2.45, 2.75) is 9.79 Å². The van der Waals surface area contributed by atoms with Crippen LogP contribution in [0.5, 0.6) is 0 Å². The molecule has 4 heteroatoms. The number of nitrogen functional groups attached to an aromatic ring is 2. The number of anilines is 2. The molecule has 0 aromatic heterocycles. The SMILES string of the molecule is CSc1c(N)ccc(N)c1SC. The van der Waals surface area contributed by atoms with Crippen molar-refractivity contribution in [2.75, 3.05) is 24.0 Å². The Kier molecular flexibility index (Phi) is 3.17. The van der Waals surface area contributed by atoms with Gasteiger partial charge in [-0.1, -0.05) is 0 Å². The van der Waals surface area contributed by atoms with Crippen molar-refractivity contribution >= 4 is 34.9 Å². The highest BCUT2D eigenvalue weighted by Gasteiger charge is 2.07. The minimum absolute atomic E-state index is 0.807. The average molecular weight is 200 g/mol. The third-order valence-electron chi connectivity index (χ3n) is 1.58. The molecular formula is C8H12N2S2. The molecule has 4 N–H and O–H groups in total. The molecular weight excluding hydrogens is 188 g/mol. The lowest BCUT2D eigenvalue weighted by Gasteiger charge is -2.10. The fourth-order valence-corrected chi connectivity index (χ4v) is 2.73. The number of thioether (sulfide) groups is 2. The Bertz CT molecular complexity index is 258. The lowest BCUT2D eigenvalue weighted by molar-refractivity contribution is 1.27. The second kappa shape index (κ2) is 3.96. The summed E-state index contributed by atoms with van der Waals surface area (Å²) in [7, 11) is 0. The molecule has 0 saturated heterocycles. The molecule has 1 rings (SSSR count). The summed E-state index contributed by atoms with van der Waals surface area (Å²) in [6.45, 7) is 0. The Morgan fingerprint density at radius 1 is 0.917 bits per heavy atom. The van der Waals surface area contributed by atoms with E-state index >= 15 is 0 Å². The van der Waals surface area contributed by atoms with Crippen LogP contribution in [-0.4, -0.2) is 12.5 Å². The summed E-state index contributed by atoms with van der Waals surface area (Å²) in [5.74, 6) is 0. The van der Waals surface area contributed by atoms with E-state index in [0.29, 0.717) is 0 Å². The third kappa shape index (κ3) is 1.64. The summed E-state index contributed by atoms with van der Waals surface area (Å²) in [5, 5.41) is 0. The van der Waals surface area contributed by atoms with E-state index < -0.39 is 0 Å². The monoisotopic (exact) mass is 200 g/mol. The van der Waals surface area contributed by atoms with Gasteiger partial charge in [0.05, 0.1) is 0 Å². The van der Waals surface area contributed by atoms with Crippen molar-refractivity contribution in [2.24, 2.45) is 0 Å². The van der Waals surface area contributed by atoms with Gasteiger partial charge in [-0.15, -0.1) is 23.5 Å². The first-order valence-corrected chi connectivity index (χ1v) is 5.91. The molecule has 12 heavy (non-hydrogen) atoms. The van der Waals surface area contributed by atoms with Gasteiger partial charge in [-0.3, -0.25) is 0 Å². The van der Waals surface area contributed by atoms with Crippen molar-refractivity contribution in [3.63, 3.8) is 0 Å². The minimum atomic E-state index is 0.807. The highest BCUT2D eigenvalue weighted by molar-refractivity contribution is 8.01. The van der Waals surface area contributed by atoms with E-state index in [9.17, 15) is 0 Å². The van der Waals surface area contributed by atoms with Gasteiger partial charge in [0.15, 0.2) is 0 Å². The number of hydrogen-bond acceptors (Lipinski definition) is 4. The van der Waals surface area contributed by atoms with Gasteiger partial charge in [-0.2, -0.15) is 0 Å². The smallest absolute Gasteiger partial charge is 0.0465 e. The summed E-state index contributed by atoms with van der Waals surface area (Å²) in [4.78, 5) is 2.17. The molecule has 0 atom stereocenters. The van der Waals surface area contributed by atoms with E-state index in [1.54, 1.807) is 23.5 Å². The van der Waals surface area contributed by atoms with Gasteiger partial charge in [0.2, 0.25) is 0 Å². The highest BCUT2D eigenvalue weighted by atomic mass is 32.2. The molecule has 0 aliphatic carbocycles. The van der Waals surface area contributed by atoms with E-state index in [0.717, 1.165) is 21.2 Å². The number of nitrogens with two attached hydrogens (primary N) is 2. The van der Waals surface area contributed by atoms with Crippen LogP contribution in [-0.2, 0) is 0 Å². The van der Waals surface area contributed by atoms with Crippen LogP contribution in [0, 0.1) is 0 Å². The van der Waals surface area contributed by atoms with Gasteiger partial charge in [0.25, 0.3) is 0 Å². The van der Waals surface area contributed by atoms with E-state index in [-0.39, 0.29) is 0 Å². The fraction of sp³-hybridized carbons (Fsp3) is 0.250. The maximum atomic E-state index is 5.79. The largest absolute Gasteiger partial charge is 0.398 e. The Hall–Kier alpha value is -0.480. The topological polar surface area (TPSA) is 52.0 Å². The van der Waals surface area contributed by atoms with Crippen molar-refractivity contribution in [3.05, 3.63) is 12.1 Å².